The second-order valence-corrected chi connectivity index (χ2v) is 4.37. The van der Waals surface area contributed by atoms with Gasteiger partial charge in [0, 0.05) is 25.8 Å². The number of likely N-dealkylation sites (tertiary alicyclic amines) is 1. The summed E-state index contributed by atoms with van der Waals surface area (Å²) < 4.78 is 4.84. The zero-order valence-electron chi connectivity index (χ0n) is 10.3. The van der Waals surface area contributed by atoms with Crippen molar-refractivity contribution in [1.82, 2.24) is 4.90 Å². The first-order valence-corrected chi connectivity index (χ1v) is 6.25. The number of hydrogen-bond acceptors (Lipinski definition) is 4. The Hall–Kier alpha value is -1.59. The van der Waals surface area contributed by atoms with Crippen LogP contribution in [-0.4, -0.2) is 41.1 Å². The molecule has 0 radical (unpaired) electrons. The molecule has 0 saturated carbocycles. The highest BCUT2D eigenvalue weighted by atomic mass is 16.5. The monoisotopic (exact) mass is 257 g/mol. The highest BCUT2D eigenvalue weighted by Crippen LogP contribution is 2.20. The fraction of sp³-hybridized carbons (Fsp3) is 0.750. The Morgan fingerprint density at radius 2 is 2.11 bits per heavy atom. The van der Waals surface area contributed by atoms with Gasteiger partial charge >= 0.3 is 5.97 Å². The van der Waals surface area contributed by atoms with E-state index in [9.17, 15) is 14.4 Å². The zero-order valence-corrected chi connectivity index (χ0v) is 10.3. The molecule has 1 amide bonds. The molecule has 6 heteroatoms. The van der Waals surface area contributed by atoms with Crippen LogP contribution in [0.5, 0.6) is 0 Å². The number of nitrogens with zero attached hydrogens (tertiary/aromatic N) is 1. The molecule has 0 aromatic rings. The van der Waals surface area contributed by atoms with Gasteiger partial charge < -0.3 is 14.7 Å². The second kappa shape index (κ2) is 7.68. The Labute approximate surface area is 106 Å². The third-order valence-electron chi connectivity index (χ3n) is 3.03. The molecule has 1 saturated heterocycles. The molecule has 0 aromatic heterocycles. The molecule has 1 aliphatic rings. The van der Waals surface area contributed by atoms with Gasteiger partial charge in [-0.15, -0.1) is 0 Å². The van der Waals surface area contributed by atoms with Crippen LogP contribution < -0.4 is 0 Å². The molecule has 0 aliphatic carbocycles. The van der Waals surface area contributed by atoms with Gasteiger partial charge in [-0.05, 0) is 12.8 Å². The van der Waals surface area contributed by atoms with E-state index in [0.717, 1.165) is 19.3 Å². The number of rotatable bonds is 9. The summed E-state index contributed by atoms with van der Waals surface area (Å²) in [6, 6.07) is 0. The Bertz CT molecular complexity index is 305. The van der Waals surface area contributed by atoms with Crippen LogP contribution in [-0.2, 0) is 19.1 Å². The molecule has 0 spiro atoms. The minimum atomic E-state index is -0.774. The van der Waals surface area contributed by atoms with E-state index < -0.39 is 12.2 Å². The predicted molar refractivity (Wildman–Crippen MR) is 62.6 cm³/mol. The number of carboxylic acid groups (broad SMARTS) is 1. The predicted octanol–water partition coefficient (Wildman–Crippen LogP) is 1.14. The fourth-order valence-corrected chi connectivity index (χ4v) is 2.09. The molecule has 1 unspecified atom stereocenters. The van der Waals surface area contributed by atoms with Crippen LogP contribution in [0, 0.1) is 0 Å². The average molecular weight is 257 g/mol. The molecule has 1 fully saturated rings. The number of carbonyl (C=O) groups is 3. The van der Waals surface area contributed by atoms with Gasteiger partial charge in [-0.3, -0.25) is 14.4 Å². The SMILES string of the molecule is O=COC1CCC(=O)N1CCCCCCC(=O)O. The lowest BCUT2D eigenvalue weighted by atomic mass is 10.1. The number of ether oxygens (including phenoxy) is 1. The van der Waals surface area contributed by atoms with Gasteiger partial charge in [0.15, 0.2) is 6.23 Å². The summed E-state index contributed by atoms with van der Waals surface area (Å²) in [5.74, 6) is -0.753. The first-order chi connectivity index (χ1) is 8.65. The fourth-order valence-electron chi connectivity index (χ4n) is 2.09. The van der Waals surface area contributed by atoms with Crippen molar-refractivity contribution in [3.8, 4) is 0 Å². The zero-order chi connectivity index (χ0) is 13.4. The van der Waals surface area contributed by atoms with E-state index in [1.807, 2.05) is 0 Å². The van der Waals surface area contributed by atoms with Crippen molar-refractivity contribution in [3.63, 3.8) is 0 Å². The van der Waals surface area contributed by atoms with Crippen LogP contribution in [0.2, 0.25) is 0 Å². The highest BCUT2D eigenvalue weighted by molar-refractivity contribution is 5.78. The van der Waals surface area contributed by atoms with Gasteiger partial charge in [0.2, 0.25) is 5.91 Å². The number of carbonyl (C=O) groups excluding carboxylic acids is 2. The van der Waals surface area contributed by atoms with Crippen LogP contribution in [0.25, 0.3) is 0 Å². The van der Waals surface area contributed by atoms with Crippen molar-refractivity contribution in [2.24, 2.45) is 0 Å². The standard InChI is InChI=1S/C12H19NO5/c14-9-18-11-7-6-10(15)13(11)8-4-2-1-3-5-12(16)17/h9,11H,1-8H2,(H,16,17). The van der Waals surface area contributed by atoms with E-state index in [1.165, 1.54) is 0 Å². The number of carboxylic acids is 1. The molecule has 0 bridgehead atoms. The van der Waals surface area contributed by atoms with Crippen LogP contribution in [0.15, 0.2) is 0 Å². The Morgan fingerprint density at radius 3 is 2.78 bits per heavy atom. The average Bonchev–Trinajstić information content (AvgIpc) is 2.66. The maximum Gasteiger partial charge on any atom is 0.303 e. The van der Waals surface area contributed by atoms with Crippen molar-refractivity contribution in [3.05, 3.63) is 0 Å². The lowest BCUT2D eigenvalue weighted by molar-refractivity contribution is -0.147. The maximum atomic E-state index is 11.5. The van der Waals surface area contributed by atoms with Gasteiger partial charge in [0.1, 0.15) is 0 Å². The lowest BCUT2D eigenvalue weighted by Gasteiger charge is -2.22. The molecule has 0 aromatic carbocycles. The van der Waals surface area contributed by atoms with Crippen LogP contribution in [0.3, 0.4) is 0 Å². The van der Waals surface area contributed by atoms with Crippen molar-refractivity contribution >= 4 is 18.3 Å². The lowest BCUT2D eigenvalue weighted by Crippen LogP contribution is -2.35. The smallest absolute Gasteiger partial charge is 0.303 e. The second-order valence-electron chi connectivity index (χ2n) is 4.37. The molecule has 1 heterocycles. The molecule has 102 valence electrons. The van der Waals surface area contributed by atoms with E-state index in [2.05, 4.69) is 0 Å². The summed E-state index contributed by atoms with van der Waals surface area (Å²) in [6.07, 6.45) is 3.97. The van der Waals surface area contributed by atoms with Crippen LogP contribution in [0.4, 0.5) is 0 Å². The van der Waals surface area contributed by atoms with Gasteiger partial charge in [0.05, 0.1) is 0 Å². The van der Waals surface area contributed by atoms with Crippen molar-refractivity contribution in [2.45, 2.75) is 51.2 Å². The number of amides is 1. The number of unbranched alkanes of at least 4 members (excludes halogenated alkanes) is 3. The first kappa shape index (κ1) is 14.5. The highest BCUT2D eigenvalue weighted by Gasteiger charge is 2.31. The van der Waals surface area contributed by atoms with Gasteiger partial charge in [-0.2, -0.15) is 0 Å². The van der Waals surface area contributed by atoms with E-state index >= 15 is 0 Å². The largest absolute Gasteiger partial charge is 0.481 e. The van der Waals surface area contributed by atoms with Crippen molar-refractivity contribution in [2.75, 3.05) is 6.54 Å². The Morgan fingerprint density at radius 1 is 1.39 bits per heavy atom. The van der Waals surface area contributed by atoms with Gasteiger partial charge in [-0.25, -0.2) is 0 Å². The quantitative estimate of drug-likeness (QED) is 0.494. The molecular weight excluding hydrogens is 238 g/mol. The normalized spacial score (nSPS) is 19.0. The first-order valence-electron chi connectivity index (χ1n) is 6.25. The third-order valence-corrected chi connectivity index (χ3v) is 3.03. The molecule has 1 aliphatic heterocycles. The van der Waals surface area contributed by atoms with Crippen LogP contribution >= 0.6 is 0 Å². The van der Waals surface area contributed by atoms with Gasteiger partial charge in [0.25, 0.3) is 6.47 Å². The number of hydrogen-bond donors (Lipinski definition) is 1. The van der Waals surface area contributed by atoms with Crippen LogP contribution in [0.1, 0.15) is 44.9 Å². The summed E-state index contributed by atoms with van der Waals surface area (Å²) in [5, 5.41) is 8.47. The van der Waals surface area contributed by atoms with E-state index in [4.69, 9.17) is 9.84 Å². The summed E-state index contributed by atoms with van der Waals surface area (Å²) in [6.45, 7) is 0.952. The van der Waals surface area contributed by atoms with E-state index in [0.29, 0.717) is 32.3 Å². The molecular formula is C12H19NO5. The number of aliphatic carboxylic acids is 1. The van der Waals surface area contributed by atoms with E-state index in [1.54, 1.807) is 4.90 Å². The van der Waals surface area contributed by atoms with Crippen molar-refractivity contribution in [1.29, 1.82) is 0 Å². The third kappa shape index (κ3) is 4.73. The van der Waals surface area contributed by atoms with E-state index in [-0.39, 0.29) is 12.3 Å². The molecule has 1 rings (SSSR count). The summed E-state index contributed by atoms with van der Waals surface area (Å²) in [4.78, 5) is 33.7. The Kier molecular flexibility index (Phi) is 6.18. The molecule has 6 nitrogen and oxygen atoms in total. The maximum absolute atomic E-state index is 11.5. The minimum absolute atomic E-state index is 0.0207. The summed E-state index contributed by atoms with van der Waals surface area (Å²) in [7, 11) is 0. The molecule has 1 atom stereocenters. The summed E-state index contributed by atoms with van der Waals surface area (Å²) in [5.41, 5.74) is 0. The minimum Gasteiger partial charge on any atom is -0.481 e. The molecule has 18 heavy (non-hydrogen) atoms. The molecule has 1 N–H and O–H groups in total. The topological polar surface area (TPSA) is 83.9 Å². The van der Waals surface area contributed by atoms with Crippen molar-refractivity contribution < 1.29 is 24.2 Å². The van der Waals surface area contributed by atoms with Gasteiger partial charge in [-0.1, -0.05) is 12.8 Å². The Balaban J connectivity index is 2.15. The summed E-state index contributed by atoms with van der Waals surface area (Å²) >= 11 is 0.